The first-order valence-electron chi connectivity index (χ1n) is 12.1. The molecular weight excluding hydrogens is 460 g/mol. The summed E-state index contributed by atoms with van der Waals surface area (Å²) in [7, 11) is 1.68. The summed E-state index contributed by atoms with van der Waals surface area (Å²) in [5, 5.41) is 2.59. The average Bonchev–Trinajstić information content (AvgIpc) is 3.35. The lowest BCUT2D eigenvalue weighted by Gasteiger charge is -2.36. The van der Waals surface area contributed by atoms with Crippen molar-refractivity contribution < 1.29 is 9.53 Å². The molecule has 4 aromatic rings. The molecule has 35 heavy (non-hydrogen) atoms. The van der Waals surface area contributed by atoms with Crippen molar-refractivity contribution in [3.05, 3.63) is 69.9 Å². The van der Waals surface area contributed by atoms with Gasteiger partial charge in [-0.25, -0.2) is 4.98 Å². The third-order valence-electron chi connectivity index (χ3n) is 7.29. The fourth-order valence-corrected chi connectivity index (χ4v) is 5.65. The van der Waals surface area contributed by atoms with Crippen LogP contribution in [0, 0.1) is 6.92 Å². The number of para-hydroxylation sites is 1. The molecule has 0 unspecified atom stereocenters. The van der Waals surface area contributed by atoms with Crippen molar-refractivity contribution in [3.8, 4) is 5.75 Å². The molecule has 0 spiro atoms. The molecule has 1 aliphatic heterocycles. The molecule has 6 nitrogen and oxygen atoms in total. The molecule has 2 aromatic heterocycles. The summed E-state index contributed by atoms with van der Waals surface area (Å²) in [5.41, 5.74) is 5.85. The first-order valence-corrected chi connectivity index (χ1v) is 12.5. The Balaban J connectivity index is 1.29. The molecule has 1 aliphatic carbocycles. The zero-order valence-corrected chi connectivity index (χ0v) is 20.7. The number of piperazine rings is 1. The summed E-state index contributed by atoms with van der Waals surface area (Å²) in [4.78, 5) is 27.8. The van der Waals surface area contributed by atoms with E-state index in [-0.39, 0.29) is 5.91 Å². The maximum absolute atomic E-state index is 13.8. The number of hydrogen-bond acceptors (Lipinski definition) is 5. The van der Waals surface area contributed by atoms with Gasteiger partial charge in [0.15, 0.2) is 0 Å². The molecule has 2 aliphatic rings. The topological polar surface area (TPSA) is 58.6 Å². The van der Waals surface area contributed by atoms with E-state index in [0.717, 1.165) is 88.1 Å². The van der Waals surface area contributed by atoms with Gasteiger partial charge in [-0.15, -0.1) is 0 Å². The molecular formula is C28H27ClN4O2. The number of methoxy groups -OCH3 is 1. The van der Waals surface area contributed by atoms with E-state index in [0.29, 0.717) is 18.1 Å². The van der Waals surface area contributed by atoms with Gasteiger partial charge in [0, 0.05) is 47.7 Å². The molecule has 1 fully saturated rings. The predicted molar refractivity (Wildman–Crippen MR) is 140 cm³/mol. The van der Waals surface area contributed by atoms with Crippen LogP contribution in [0.4, 0.5) is 5.82 Å². The van der Waals surface area contributed by atoms with Gasteiger partial charge in [-0.3, -0.25) is 9.78 Å². The van der Waals surface area contributed by atoms with E-state index in [1.165, 1.54) is 0 Å². The van der Waals surface area contributed by atoms with Crippen LogP contribution in [0.3, 0.4) is 0 Å². The van der Waals surface area contributed by atoms with E-state index in [4.69, 9.17) is 26.3 Å². The second kappa shape index (κ2) is 8.68. The molecule has 0 saturated carbocycles. The number of fused-ring (bicyclic) bond motifs is 3. The van der Waals surface area contributed by atoms with Crippen molar-refractivity contribution in [1.82, 2.24) is 14.9 Å². The van der Waals surface area contributed by atoms with Crippen LogP contribution >= 0.6 is 11.6 Å². The molecule has 3 heterocycles. The number of pyridine rings is 2. The van der Waals surface area contributed by atoms with Gasteiger partial charge in [-0.05, 0) is 67.6 Å². The number of nitrogens with zero attached hydrogens (tertiary/aromatic N) is 4. The maximum atomic E-state index is 13.8. The largest absolute Gasteiger partial charge is 0.494 e. The summed E-state index contributed by atoms with van der Waals surface area (Å²) in [5.74, 6) is 1.79. The third kappa shape index (κ3) is 3.76. The van der Waals surface area contributed by atoms with Gasteiger partial charge in [0.1, 0.15) is 17.1 Å². The van der Waals surface area contributed by atoms with E-state index >= 15 is 0 Å². The van der Waals surface area contributed by atoms with Gasteiger partial charge in [-0.1, -0.05) is 23.7 Å². The normalized spacial score (nSPS) is 15.6. The van der Waals surface area contributed by atoms with E-state index in [1.807, 2.05) is 35.2 Å². The van der Waals surface area contributed by atoms with Crippen LogP contribution in [0.1, 0.15) is 33.6 Å². The van der Waals surface area contributed by atoms with Crippen molar-refractivity contribution >= 4 is 45.1 Å². The Hall–Kier alpha value is -3.38. The monoisotopic (exact) mass is 486 g/mol. The minimum Gasteiger partial charge on any atom is -0.494 e. The van der Waals surface area contributed by atoms with Gasteiger partial charge in [-0.2, -0.15) is 0 Å². The highest BCUT2D eigenvalue weighted by Gasteiger charge is 2.29. The smallest absolute Gasteiger partial charge is 0.255 e. The summed E-state index contributed by atoms with van der Waals surface area (Å²) in [6.07, 6.45) is 2.86. The van der Waals surface area contributed by atoms with Crippen LogP contribution in [0.15, 0.2) is 42.5 Å². The number of amides is 1. The Labute approximate surface area is 209 Å². The second-order valence-corrected chi connectivity index (χ2v) is 9.80. The molecule has 1 saturated heterocycles. The van der Waals surface area contributed by atoms with Crippen molar-refractivity contribution in [2.24, 2.45) is 0 Å². The van der Waals surface area contributed by atoms with Gasteiger partial charge >= 0.3 is 0 Å². The number of benzene rings is 2. The Morgan fingerprint density at radius 3 is 2.63 bits per heavy atom. The summed E-state index contributed by atoms with van der Waals surface area (Å²) < 4.78 is 5.55. The molecule has 6 rings (SSSR count). The highest BCUT2D eigenvalue weighted by Crippen LogP contribution is 2.33. The lowest BCUT2D eigenvalue weighted by molar-refractivity contribution is 0.0747. The fraction of sp³-hybridized carbons (Fsp3) is 0.321. The Kier molecular flexibility index (Phi) is 5.49. The number of aryl methyl sites for hydroxylation is 2. The number of carbonyl (C=O) groups is 1. The van der Waals surface area contributed by atoms with Crippen molar-refractivity contribution in [2.75, 3.05) is 38.2 Å². The van der Waals surface area contributed by atoms with Crippen LogP contribution in [-0.4, -0.2) is 54.1 Å². The SMILES string of the molecule is COc1cccc2c(C)cc(N3CCN(C(=O)c4c5c(nc6ccc(Cl)cc46)CCC5)CC3)nc12. The number of anilines is 1. The van der Waals surface area contributed by atoms with Crippen molar-refractivity contribution in [2.45, 2.75) is 26.2 Å². The van der Waals surface area contributed by atoms with E-state index in [1.54, 1.807) is 7.11 Å². The Morgan fingerprint density at radius 1 is 1.00 bits per heavy atom. The predicted octanol–water partition coefficient (Wildman–Crippen LogP) is 5.20. The van der Waals surface area contributed by atoms with Crippen LogP contribution in [-0.2, 0) is 12.8 Å². The second-order valence-electron chi connectivity index (χ2n) is 9.36. The zero-order valence-electron chi connectivity index (χ0n) is 20.0. The molecule has 7 heteroatoms. The standard InChI is InChI=1S/C28H27ClN4O2/c1-17-15-25(31-27-19(17)5-4-8-24(27)35-2)32-11-13-33(14-12-32)28(34)26-20-6-3-7-22(20)30-23-10-9-18(29)16-21(23)26/h4-5,8-10,15-16H,3,6-7,11-14H2,1-2H3. The van der Waals surface area contributed by atoms with E-state index < -0.39 is 0 Å². The van der Waals surface area contributed by atoms with Gasteiger partial charge < -0.3 is 14.5 Å². The highest BCUT2D eigenvalue weighted by atomic mass is 35.5. The number of aromatic nitrogens is 2. The van der Waals surface area contributed by atoms with Gasteiger partial charge in [0.2, 0.25) is 0 Å². The lowest BCUT2D eigenvalue weighted by atomic mass is 9.99. The minimum absolute atomic E-state index is 0.0850. The summed E-state index contributed by atoms with van der Waals surface area (Å²) in [6, 6.07) is 13.8. The van der Waals surface area contributed by atoms with E-state index in [9.17, 15) is 4.79 Å². The average molecular weight is 487 g/mol. The number of carbonyl (C=O) groups excluding carboxylic acids is 1. The summed E-state index contributed by atoms with van der Waals surface area (Å²) in [6.45, 7) is 4.84. The number of ether oxygens (including phenoxy) is 1. The highest BCUT2D eigenvalue weighted by molar-refractivity contribution is 6.31. The fourth-order valence-electron chi connectivity index (χ4n) is 5.48. The lowest BCUT2D eigenvalue weighted by Crippen LogP contribution is -2.49. The van der Waals surface area contributed by atoms with Crippen LogP contribution in [0.2, 0.25) is 5.02 Å². The molecule has 178 valence electrons. The van der Waals surface area contributed by atoms with Crippen LogP contribution in [0.5, 0.6) is 5.75 Å². The molecule has 0 bridgehead atoms. The molecule has 0 radical (unpaired) electrons. The first-order chi connectivity index (χ1) is 17.0. The van der Waals surface area contributed by atoms with Crippen molar-refractivity contribution in [3.63, 3.8) is 0 Å². The molecule has 1 amide bonds. The Morgan fingerprint density at radius 2 is 1.83 bits per heavy atom. The van der Waals surface area contributed by atoms with Crippen LogP contribution in [0.25, 0.3) is 21.8 Å². The number of hydrogen-bond donors (Lipinski definition) is 0. The maximum Gasteiger partial charge on any atom is 0.255 e. The number of rotatable bonds is 3. The quantitative estimate of drug-likeness (QED) is 0.398. The molecule has 0 N–H and O–H groups in total. The Bertz CT molecular complexity index is 1480. The summed E-state index contributed by atoms with van der Waals surface area (Å²) >= 11 is 6.32. The van der Waals surface area contributed by atoms with Gasteiger partial charge in [0.05, 0.1) is 18.2 Å². The van der Waals surface area contributed by atoms with Crippen LogP contribution < -0.4 is 9.64 Å². The zero-order chi connectivity index (χ0) is 24.1. The van der Waals surface area contributed by atoms with Crippen molar-refractivity contribution in [1.29, 1.82) is 0 Å². The molecule has 0 atom stereocenters. The van der Waals surface area contributed by atoms with E-state index in [2.05, 4.69) is 24.0 Å². The number of halogens is 1. The minimum atomic E-state index is 0.0850. The first kappa shape index (κ1) is 22.1. The third-order valence-corrected chi connectivity index (χ3v) is 7.53. The molecule has 2 aromatic carbocycles. The van der Waals surface area contributed by atoms with Gasteiger partial charge in [0.25, 0.3) is 5.91 Å².